The van der Waals surface area contributed by atoms with Crippen LogP contribution >= 0.6 is 11.8 Å². The van der Waals surface area contributed by atoms with E-state index in [2.05, 4.69) is 10.8 Å². The smallest absolute Gasteiger partial charge is 0.331 e. The van der Waals surface area contributed by atoms with Gasteiger partial charge in [-0.1, -0.05) is 12.1 Å². The van der Waals surface area contributed by atoms with Gasteiger partial charge in [0.15, 0.2) is 5.17 Å². The Hall–Kier alpha value is -2.86. The monoisotopic (exact) mass is 394 g/mol. The van der Waals surface area contributed by atoms with Crippen molar-refractivity contribution in [1.29, 1.82) is 0 Å². The standard InChI is InChI=1S/C22H22N2O3S/c1-13-6-14(2)9-17(8-13)23-22-24(18-10-15(3)7-16(4)11-18)21(26)19(28-22)12-20(25)27-5/h6-12H,1-5H3/b19-12-,23-22?. The van der Waals surface area contributed by atoms with Gasteiger partial charge in [0.2, 0.25) is 0 Å². The van der Waals surface area contributed by atoms with Crippen LogP contribution in [0.1, 0.15) is 22.3 Å². The molecule has 1 heterocycles. The average molecular weight is 394 g/mol. The van der Waals surface area contributed by atoms with E-state index >= 15 is 0 Å². The number of nitrogens with zero attached hydrogens (tertiary/aromatic N) is 2. The quantitative estimate of drug-likeness (QED) is 0.557. The van der Waals surface area contributed by atoms with E-state index in [1.807, 2.05) is 58.0 Å². The number of carbonyl (C=O) groups is 2. The Morgan fingerprint density at radius 3 is 2.04 bits per heavy atom. The van der Waals surface area contributed by atoms with Gasteiger partial charge in [0.1, 0.15) is 0 Å². The summed E-state index contributed by atoms with van der Waals surface area (Å²) < 4.78 is 4.69. The molecule has 0 N–H and O–H groups in total. The van der Waals surface area contributed by atoms with Crippen molar-refractivity contribution in [3.63, 3.8) is 0 Å². The fraction of sp³-hybridized carbons (Fsp3) is 0.227. The van der Waals surface area contributed by atoms with Gasteiger partial charge in [0.05, 0.1) is 23.4 Å². The molecular weight excluding hydrogens is 372 g/mol. The molecule has 28 heavy (non-hydrogen) atoms. The van der Waals surface area contributed by atoms with Crippen molar-refractivity contribution >= 4 is 40.2 Å². The third kappa shape index (κ3) is 4.34. The normalized spacial score (nSPS) is 16.9. The SMILES string of the molecule is COC(=O)/C=C1\SC(=Nc2cc(C)cc(C)c2)N(c2cc(C)cc(C)c2)C1=O. The molecule has 0 bridgehead atoms. The number of esters is 1. The second-order valence-corrected chi connectivity index (χ2v) is 7.87. The van der Waals surface area contributed by atoms with Crippen molar-refractivity contribution in [3.05, 3.63) is 69.6 Å². The molecule has 1 aliphatic heterocycles. The maximum Gasteiger partial charge on any atom is 0.331 e. The minimum atomic E-state index is -0.566. The summed E-state index contributed by atoms with van der Waals surface area (Å²) in [6.45, 7) is 7.98. The molecule has 5 nitrogen and oxygen atoms in total. The van der Waals surface area contributed by atoms with Crippen molar-refractivity contribution < 1.29 is 14.3 Å². The summed E-state index contributed by atoms with van der Waals surface area (Å²) in [6.07, 6.45) is 1.21. The number of aryl methyl sites for hydroxylation is 4. The zero-order chi connectivity index (χ0) is 20.4. The summed E-state index contributed by atoms with van der Waals surface area (Å²) in [5, 5.41) is 0.509. The number of methoxy groups -OCH3 is 1. The van der Waals surface area contributed by atoms with Gasteiger partial charge in [-0.25, -0.2) is 9.79 Å². The van der Waals surface area contributed by atoms with Crippen molar-refractivity contribution in [2.75, 3.05) is 12.0 Å². The number of rotatable bonds is 3. The molecule has 1 aliphatic rings. The zero-order valence-corrected chi connectivity index (χ0v) is 17.4. The number of thioether (sulfide) groups is 1. The van der Waals surface area contributed by atoms with Gasteiger partial charge in [-0.05, 0) is 86.0 Å². The molecule has 0 radical (unpaired) electrons. The van der Waals surface area contributed by atoms with Gasteiger partial charge in [-0.2, -0.15) is 0 Å². The van der Waals surface area contributed by atoms with Crippen LogP contribution in [0.5, 0.6) is 0 Å². The van der Waals surface area contributed by atoms with E-state index in [-0.39, 0.29) is 10.8 Å². The first kappa shape index (κ1) is 19.9. The van der Waals surface area contributed by atoms with Crippen LogP contribution in [0.15, 0.2) is 52.4 Å². The Morgan fingerprint density at radius 2 is 1.50 bits per heavy atom. The minimum Gasteiger partial charge on any atom is -0.466 e. The van der Waals surface area contributed by atoms with Crippen molar-refractivity contribution in [3.8, 4) is 0 Å². The highest BCUT2D eigenvalue weighted by Gasteiger charge is 2.35. The lowest BCUT2D eigenvalue weighted by Gasteiger charge is -2.17. The summed E-state index contributed by atoms with van der Waals surface area (Å²) in [5.74, 6) is -0.854. The maximum absolute atomic E-state index is 13.1. The first-order chi connectivity index (χ1) is 13.3. The largest absolute Gasteiger partial charge is 0.466 e. The number of amides is 1. The van der Waals surface area contributed by atoms with Crippen molar-refractivity contribution in [2.45, 2.75) is 27.7 Å². The molecule has 1 fully saturated rings. The van der Waals surface area contributed by atoms with Gasteiger partial charge in [0.25, 0.3) is 5.91 Å². The van der Waals surface area contributed by atoms with E-state index in [0.717, 1.165) is 33.6 Å². The molecule has 1 saturated heterocycles. The first-order valence-corrected chi connectivity index (χ1v) is 9.65. The molecule has 0 aromatic heterocycles. The second-order valence-electron chi connectivity index (χ2n) is 6.86. The Kier molecular flexibility index (Phi) is 5.70. The summed E-state index contributed by atoms with van der Waals surface area (Å²) in [4.78, 5) is 31.3. The van der Waals surface area contributed by atoms with Gasteiger partial charge >= 0.3 is 5.97 Å². The number of amidine groups is 1. The number of benzene rings is 2. The molecule has 0 aliphatic carbocycles. The van der Waals surface area contributed by atoms with Gasteiger partial charge in [-0.15, -0.1) is 0 Å². The summed E-state index contributed by atoms with van der Waals surface area (Å²) >= 11 is 1.17. The fourth-order valence-corrected chi connectivity index (χ4v) is 4.11. The van der Waals surface area contributed by atoms with Crippen LogP contribution in [0.25, 0.3) is 0 Å². The van der Waals surface area contributed by atoms with Gasteiger partial charge < -0.3 is 4.74 Å². The number of aliphatic imine (C=N–C) groups is 1. The fourth-order valence-electron chi connectivity index (χ4n) is 3.15. The lowest BCUT2D eigenvalue weighted by atomic mass is 10.1. The Bertz CT molecular complexity index is 984. The topological polar surface area (TPSA) is 59.0 Å². The Labute approximate surface area is 169 Å². The van der Waals surface area contributed by atoms with E-state index in [4.69, 9.17) is 4.99 Å². The number of hydrogen-bond acceptors (Lipinski definition) is 5. The third-order valence-corrected chi connectivity index (χ3v) is 5.12. The highest BCUT2D eigenvalue weighted by atomic mass is 32.2. The van der Waals surface area contributed by atoms with E-state index in [1.54, 1.807) is 4.90 Å². The predicted molar refractivity (Wildman–Crippen MR) is 114 cm³/mol. The zero-order valence-electron chi connectivity index (χ0n) is 16.6. The van der Waals surface area contributed by atoms with Crippen LogP contribution in [0.2, 0.25) is 0 Å². The van der Waals surface area contributed by atoms with Crippen LogP contribution in [-0.2, 0) is 14.3 Å². The van der Waals surface area contributed by atoms with Crippen molar-refractivity contribution in [1.82, 2.24) is 0 Å². The van der Waals surface area contributed by atoms with Gasteiger partial charge in [0, 0.05) is 6.08 Å². The van der Waals surface area contributed by atoms with E-state index in [0.29, 0.717) is 5.17 Å². The van der Waals surface area contributed by atoms with Gasteiger partial charge in [-0.3, -0.25) is 9.69 Å². The molecule has 0 spiro atoms. The van der Waals surface area contributed by atoms with Crippen LogP contribution in [0.4, 0.5) is 11.4 Å². The number of carbonyl (C=O) groups excluding carboxylic acids is 2. The van der Waals surface area contributed by atoms with E-state index in [1.165, 1.54) is 24.9 Å². The van der Waals surface area contributed by atoms with Crippen LogP contribution < -0.4 is 4.90 Å². The summed E-state index contributed by atoms with van der Waals surface area (Å²) in [6, 6.07) is 11.9. The second kappa shape index (κ2) is 8.02. The molecule has 0 unspecified atom stereocenters. The molecule has 3 rings (SSSR count). The summed E-state index contributed by atoms with van der Waals surface area (Å²) in [5.41, 5.74) is 5.77. The minimum absolute atomic E-state index is 0.286. The van der Waals surface area contributed by atoms with Crippen LogP contribution in [0.3, 0.4) is 0 Å². The molecular formula is C22H22N2O3S. The molecule has 6 heteroatoms. The molecule has 144 valence electrons. The molecule has 0 atom stereocenters. The lowest BCUT2D eigenvalue weighted by Crippen LogP contribution is -2.29. The lowest BCUT2D eigenvalue weighted by molar-refractivity contribution is -0.135. The third-order valence-electron chi connectivity index (χ3n) is 4.15. The Morgan fingerprint density at radius 1 is 0.964 bits per heavy atom. The molecule has 2 aromatic rings. The maximum atomic E-state index is 13.1. The Balaban J connectivity index is 2.13. The predicted octanol–water partition coefficient (Wildman–Crippen LogP) is 4.74. The molecule has 0 saturated carbocycles. The van der Waals surface area contributed by atoms with E-state index in [9.17, 15) is 9.59 Å². The average Bonchev–Trinajstić information content (AvgIpc) is 2.88. The summed E-state index contributed by atoms with van der Waals surface area (Å²) in [7, 11) is 1.29. The van der Waals surface area contributed by atoms with Crippen molar-refractivity contribution in [2.24, 2.45) is 4.99 Å². The number of ether oxygens (including phenoxy) is 1. The first-order valence-electron chi connectivity index (χ1n) is 8.84. The number of anilines is 1. The highest BCUT2D eigenvalue weighted by Crippen LogP contribution is 2.37. The molecule has 2 aromatic carbocycles. The molecule has 1 amide bonds. The van der Waals surface area contributed by atoms with Crippen LogP contribution in [0, 0.1) is 27.7 Å². The highest BCUT2D eigenvalue weighted by molar-refractivity contribution is 8.19. The van der Waals surface area contributed by atoms with E-state index < -0.39 is 5.97 Å². The van der Waals surface area contributed by atoms with Crippen LogP contribution in [-0.4, -0.2) is 24.2 Å². The number of hydrogen-bond donors (Lipinski definition) is 0.